The van der Waals surface area contributed by atoms with Gasteiger partial charge in [-0.25, -0.2) is 4.98 Å². The van der Waals surface area contributed by atoms with Crippen LogP contribution in [0.5, 0.6) is 0 Å². The van der Waals surface area contributed by atoms with Crippen molar-refractivity contribution in [3.63, 3.8) is 0 Å². The highest BCUT2D eigenvalue weighted by molar-refractivity contribution is 5.53. The normalized spacial score (nSPS) is 14.1. The molecule has 0 radical (unpaired) electrons. The third kappa shape index (κ3) is 1.59. The van der Waals surface area contributed by atoms with Crippen molar-refractivity contribution in [1.29, 1.82) is 5.26 Å². The quantitative estimate of drug-likeness (QED) is 0.783. The van der Waals surface area contributed by atoms with E-state index in [0.717, 1.165) is 30.3 Å². The van der Waals surface area contributed by atoms with Gasteiger partial charge in [0, 0.05) is 25.8 Å². The minimum Gasteiger partial charge on any atom is -0.323 e. The Hall–Kier alpha value is -2.19. The molecular formula is C12H11N5. The van der Waals surface area contributed by atoms with Crippen molar-refractivity contribution < 1.29 is 0 Å². The van der Waals surface area contributed by atoms with Crippen molar-refractivity contribution in [2.45, 2.75) is 13.1 Å². The van der Waals surface area contributed by atoms with Gasteiger partial charge in [0.2, 0.25) is 0 Å². The van der Waals surface area contributed by atoms with Crippen LogP contribution in [0.4, 0.5) is 0 Å². The van der Waals surface area contributed by atoms with Gasteiger partial charge in [-0.2, -0.15) is 5.26 Å². The number of imidazole rings is 1. The van der Waals surface area contributed by atoms with Gasteiger partial charge in [-0.1, -0.05) is 6.07 Å². The van der Waals surface area contributed by atoms with Crippen LogP contribution in [0.3, 0.4) is 0 Å². The number of pyridine rings is 1. The molecular weight excluding hydrogens is 214 g/mol. The first-order valence-electron chi connectivity index (χ1n) is 5.52. The first kappa shape index (κ1) is 10.00. The molecule has 0 unspecified atom stereocenters. The maximum Gasteiger partial charge on any atom is 0.163 e. The molecule has 0 spiro atoms. The maximum atomic E-state index is 9.08. The van der Waals surface area contributed by atoms with E-state index >= 15 is 0 Å². The largest absolute Gasteiger partial charge is 0.323 e. The zero-order valence-corrected chi connectivity index (χ0v) is 9.22. The Kier molecular flexibility index (Phi) is 2.35. The predicted molar refractivity (Wildman–Crippen MR) is 61.9 cm³/mol. The molecule has 1 aliphatic rings. The number of hydrogen-bond donors (Lipinski definition) is 1. The minimum atomic E-state index is 0.498. The second kappa shape index (κ2) is 4.00. The molecule has 3 heterocycles. The van der Waals surface area contributed by atoms with Gasteiger partial charge in [0.1, 0.15) is 11.8 Å². The highest BCUT2D eigenvalue weighted by Gasteiger charge is 2.20. The van der Waals surface area contributed by atoms with E-state index in [1.54, 1.807) is 6.20 Å². The summed E-state index contributed by atoms with van der Waals surface area (Å²) < 4.78 is 2.08. The van der Waals surface area contributed by atoms with Crippen LogP contribution in [0.25, 0.3) is 11.5 Å². The molecule has 0 fully saturated rings. The lowest BCUT2D eigenvalue weighted by molar-refractivity contribution is 0.518. The van der Waals surface area contributed by atoms with Crippen LogP contribution >= 0.6 is 0 Å². The highest BCUT2D eigenvalue weighted by atomic mass is 15.2. The predicted octanol–water partition coefficient (Wildman–Crippen LogP) is 0.920. The van der Waals surface area contributed by atoms with E-state index in [2.05, 4.69) is 25.9 Å². The fourth-order valence-electron chi connectivity index (χ4n) is 2.08. The van der Waals surface area contributed by atoms with Crippen molar-refractivity contribution in [2.24, 2.45) is 0 Å². The molecule has 2 aromatic rings. The van der Waals surface area contributed by atoms with Crippen LogP contribution < -0.4 is 5.32 Å². The summed E-state index contributed by atoms with van der Waals surface area (Å²) in [5.74, 6) is 0.790. The summed E-state index contributed by atoms with van der Waals surface area (Å²) >= 11 is 0. The SMILES string of the molecule is N#Cc1nc(-c2ccccn2)n2c1CNCC2. The molecule has 0 saturated heterocycles. The molecule has 5 heteroatoms. The number of nitriles is 1. The molecule has 3 rings (SSSR count). The highest BCUT2D eigenvalue weighted by Crippen LogP contribution is 2.21. The average Bonchev–Trinajstić information content (AvgIpc) is 2.78. The van der Waals surface area contributed by atoms with Crippen molar-refractivity contribution in [3.05, 3.63) is 35.8 Å². The summed E-state index contributed by atoms with van der Waals surface area (Å²) in [5, 5.41) is 12.3. The first-order valence-corrected chi connectivity index (χ1v) is 5.52. The van der Waals surface area contributed by atoms with E-state index in [0.29, 0.717) is 12.2 Å². The Balaban J connectivity index is 2.18. The second-order valence-corrected chi connectivity index (χ2v) is 3.89. The van der Waals surface area contributed by atoms with E-state index in [1.807, 2.05) is 18.2 Å². The molecule has 0 aromatic carbocycles. The van der Waals surface area contributed by atoms with Gasteiger partial charge in [0.05, 0.1) is 5.69 Å². The lowest BCUT2D eigenvalue weighted by atomic mass is 10.3. The zero-order valence-electron chi connectivity index (χ0n) is 9.22. The molecule has 0 atom stereocenters. The van der Waals surface area contributed by atoms with Crippen LogP contribution in [0, 0.1) is 11.3 Å². The van der Waals surface area contributed by atoms with E-state index in [-0.39, 0.29) is 0 Å². The maximum absolute atomic E-state index is 9.08. The third-order valence-electron chi connectivity index (χ3n) is 2.88. The molecule has 0 amide bonds. The van der Waals surface area contributed by atoms with Gasteiger partial charge in [-0.3, -0.25) is 4.98 Å². The summed E-state index contributed by atoms with van der Waals surface area (Å²) in [6.07, 6.45) is 1.74. The second-order valence-electron chi connectivity index (χ2n) is 3.89. The topological polar surface area (TPSA) is 66.5 Å². The Morgan fingerprint density at radius 3 is 3.12 bits per heavy atom. The Morgan fingerprint density at radius 2 is 2.35 bits per heavy atom. The van der Waals surface area contributed by atoms with E-state index in [4.69, 9.17) is 5.26 Å². The van der Waals surface area contributed by atoms with E-state index in [1.165, 1.54) is 0 Å². The summed E-state index contributed by atoms with van der Waals surface area (Å²) in [7, 11) is 0. The van der Waals surface area contributed by atoms with E-state index < -0.39 is 0 Å². The Bertz CT molecular complexity index is 579. The van der Waals surface area contributed by atoms with Gasteiger partial charge < -0.3 is 9.88 Å². The monoisotopic (exact) mass is 225 g/mol. The van der Waals surface area contributed by atoms with Gasteiger partial charge in [0.15, 0.2) is 11.5 Å². The van der Waals surface area contributed by atoms with Gasteiger partial charge in [0.25, 0.3) is 0 Å². The molecule has 0 saturated carbocycles. The van der Waals surface area contributed by atoms with Gasteiger partial charge in [-0.05, 0) is 12.1 Å². The average molecular weight is 225 g/mol. The number of hydrogen-bond acceptors (Lipinski definition) is 4. The number of fused-ring (bicyclic) bond motifs is 1. The zero-order chi connectivity index (χ0) is 11.7. The van der Waals surface area contributed by atoms with Crippen molar-refractivity contribution in [1.82, 2.24) is 19.9 Å². The van der Waals surface area contributed by atoms with Crippen LogP contribution in [0.15, 0.2) is 24.4 Å². The fraction of sp³-hybridized carbons (Fsp3) is 0.250. The summed E-state index contributed by atoms with van der Waals surface area (Å²) in [6.45, 7) is 2.42. The molecule has 84 valence electrons. The lowest BCUT2D eigenvalue weighted by Crippen LogP contribution is -2.28. The van der Waals surface area contributed by atoms with Crippen LogP contribution in [-0.4, -0.2) is 21.1 Å². The third-order valence-corrected chi connectivity index (χ3v) is 2.88. The first-order chi connectivity index (χ1) is 8.40. The van der Waals surface area contributed by atoms with Crippen molar-refractivity contribution in [3.8, 4) is 17.6 Å². The standard InChI is InChI=1S/C12H11N5/c13-7-10-11-8-14-5-6-17(11)12(16-10)9-3-1-2-4-15-9/h1-4,14H,5-6,8H2. The minimum absolute atomic E-state index is 0.498. The van der Waals surface area contributed by atoms with Crippen molar-refractivity contribution >= 4 is 0 Å². The molecule has 0 bridgehead atoms. The Morgan fingerprint density at radius 1 is 1.41 bits per heavy atom. The van der Waals surface area contributed by atoms with Crippen LogP contribution in [-0.2, 0) is 13.1 Å². The fourth-order valence-corrected chi connectivity index (χ4v) is 2.08. The van der Waals surface area contributed by atoms with Gasteiger partial charge in [-0.15, -0.1) is 0 Å². The number of nitrogens with one attached hydrogen (secondary N) is 1. The summed E-state index contributed by atoms with van der Waals surface area (Å²) in [4.78, 5) is 8.67. The van der Waals surface area contributed by atoms with E-state index in [9.17, 15) is 0 Å². The van der Waals surface area contributed by atoms with Crippen molar-refractivity contribution in [2.75, 3.05) is 6.54 Å². The molecule has 1 aliphatic heterocycles. The number of aromatic nitrogens is 3. The van der Waals surface area contributed by atoms with Crippen LogP contribution in [0.2, 0.25) is 0 Å². The molecule has 0 aliphatic carbocycles. The molecule has 2 aromatic heterocycles. The smallest absolute Gasteiger partial charge is 0.163 e. The van der Waals surface area contributed by atoms with Gasteiger partial charge >= 0.3 is 0 Å². The molecule has 1 N–H and O–H groups in total. The molecule has 17 heavy (non-hydrogen) atoms. The lowest BCUT2D eigenvalue weighted by Gasteiger charge is -2.17. The van der Waals surface area contributed by atoms with Crippen LogP contribution in [0.1, 0.15) is 11.4 Å². The molecule has 5 nitrogen and oxygen atoms in total. The summed E-state index contributed by atoms with van der Waals surface area (Å²) in [6, 6.07) is 7.86. The Labute approximate surface area is 98.7 Å². The number of rotatable bonds is 1. The summed E-state index contributed by atoms with van der Waals surface area (Å²) in [5.41, 5.74) is 2.27. The number of nitrogens with zero attached hydrogens (tertiary/aromatic N) is 4.